The van der Waals surface area contributed by atoms with Gasteiger partial charge in [0.25, 0.3) is 5.91 Å². The Balaban J connectivity index is 1.78. The number of aromatic amines is 1. The van der Waals surface area contributed by atoms with Crippen molar-refractivity contribution in [3.63, 3.8) is 0 Å². The Hall–Kier alpha value is -2.82. The second-order valence-corrected chi connectivity index (χ2v) is 4.40. The molecule has 0 saturated carbocycles. The smallest absolute Gasteiger partial charge is 0.274 e. The lowest BCUT2D eigenvalue weighted by molar-refractivity contribution is 0.101. The SMILES string of the molecule is O=C(Nc1ncc[nH]1)c1cccn1Cc1ccccc1. The lowest BCUT2D eigenvalue weighted by Gasteiger charge is -2.08. The number of hydrogen-bond donors (Lipinski definition) is 2. The van der Waals surface area contributed by atoms with Crippen LogP contribution in [0.5, 0.6) is 0 Å². The highest BCUT2D eigenvalue weighted by Gasteiger charge is 2.12. The van der Waals surface area contributed by atoms with Crippen LogP contribution in [-0.4, -0.2) is 20.4 Å². The van der Waals surface area contributed by atoms with Gasteiger partial charge in [-0.15, -0.1) is 0 Å². The summed E-state index contributed by atoms with van der Waals surface area (Å²) in [7, 11) is 0. The van der Waals surface area contributed by atoms with Gasteiger partial charge in [-0.3, -0.25) is 10.1 Å². The number of amides is 1. The zero-order chi connectivity index (χ0) is 13.8. The molecule has 0 fully saturated rings. The van der Waals surface area contributed by atoms with E-state index in [0.29, 0.717) is 18.2 Å². The van der Waals surface area contributed by atoms with Crippen LogP contribution in [-0.2, 0) is 6.54 Å². The Kier molecular flexibility index (Phi) is 3.33. The van der Waals surface area contributed by atoms with E-state index < -0.39 is 0 Å². The molecule has 0 radical (unpaired) electrons. The molecule has 3 rings (SSSR count). The number of carbonyl (C=O) groups is 1. The minimum atomic E-state index is -0.180. The van der Waals surface area contributed by atoms with Crippen LogP contribution in [0.1, 0.15) is 16.1 Å². The topological polar surface area (TPSA) is 62.7 Å². The van der Waals surface area contributed by atoms with Crippen LogP contribution < -0.4 is 5.32 Å². The minimum absolute atomic E-state index is 0.180. The van der Waals surface area contributed by atoms with E-state index in [1.54, 1.807) is 18.5 Å². The van der Waals surface area contributed by atoms with E-state index in [4.69, 9.17) is 0 Å². The van der Waals surface area contributed by atoms with Crippen molar-refractivity contribution in [2.45, 2.75) is 6.54 Å². The standard InChI is InChI=1S/C15H14N4O/c20-14(18-15-16-8-9-17-15)13-7-4-10-19(13)11-12-5-2-1-3-6-12/h1-10H,11H2,(H2,16,17,18,20). The molecule has 2 aromatic heterocycles. The Labute approximate surface area is 116 Å². The Morgan fingerprint density at radius 2 is 2.05 bits per heavy atom. The number of anilines is 1. The molecule has 5 nitrogen and oxygen atoms in total. The van der Waals surface area contributed by atoms with Crippen LogP contribution in [0, 0.1) is 0 Å². The predicted molar refractivity (Wildman–Crippen MR) is 76.5 cm³/mol. The molecule has 0 unspecified atom stereocenters. The molecule has 2 N–H and O–H groups in total. The van der Waals surface area contributed by atoms with Crippen molar-refractivity contribution in [2.24, 2.45) is 0 Å². The summed E-state index contributed by atoms with van der Waals surface area (Å²) in [6.45, 7) is 0.661. The molecule has 0 saturated heterocycles. The molecule has 1 amide bonds. The van der Waals surface area contributed by atoms with Crippen molar-refractivity contribution in [1.82, 2.24) is 14.5 Å². The number of imidazole rings is 1. The Morgan fingerprint density at radius 1 is 1.20 bits per heavy atom. The predicted octanol–water partition coefficient (Wildman–Crippen LogP) is 2.51. The molecule has 0 aliphatic heterocycles. The Morgan fingerprint density at radius 3 is 2.80 bits per heavy atom. The van der Waals surface area contributed by atoms with Crippen molar-refractivity contribution >= 4 is 11.9 Å². The van der Waals surface area contributed by atoms with Gasteiger partial charge in [-0.05, 0) is 17.7 Å². The summed E-state index contributed by atoms with van der Waals surface area (Å²) in [6.07, 6.45) is 5.15. The summed E-state index contributed by atoms with van der Waals surface area (Å²) in [5.41, 5.74) is 1.75. The zero-order valence-corrected chi connectivity index (χ0v) is 10.8. The molecule has 2 heterocycles. The lowest BCUT2D eigenvalue weighted by Crippen LogP contribution is -2.17. The summed E-state index contributed by atoms with van der Waals surface area (Å²) in [6, 6.07) is 13.7. The van der Waals surface area contributed by atoms with Crippen LogP contribution in [0.15, 0.2) is 61.1 Å². The van der Waals surface area contributed by atoms with Gasteiger partial charge in [0.1, 0.15) is 5.69 Å². The van der Waals surface area contributed by atoms with E-state index in [1.807, 2.05) is 47.2 Å². The summed E-state index contributed by atoms with van der Waals surface area (Å²) >= 11 is 0. The summed E-state index contributed by atoms with van der Waals surface area (Å²) in [4.78, 5) is 19.0. The van der Waals surface area contributed by atoms with Gasteiger partial charge in [-0.2, -0.15) is 0 Å². The maximum Gasteiger partial charge on any atom is 0.274 e. The second-order valence-electron chi connectivity index (χ2n) is 4.40. The lowest BCUT2D eigenvalue weighted by atomic mass is 10.2. The number of rotatable bonds is 4. The monoisotopic (exact) mass is 266 g/mol. The molecule has 1 aromatic carbocycles. The third-order valence-electron chi connectivity index (χ3n) is 2.99. The average Bonchev–Trinajstić information content (AvgIpc) is 3.11. The fraction of sp³-hybridized carbons (Fsp3) is 0.0667. The molecule has 100 valence electrons. The van der Waals surface area contributed by atoms with Crippen LogP contribution in [0.25, 0.3) is 0 Å². The first-order valence-corrected chi connectivity index (χ1v) is 6.33. The molecule has 0 bridgehead atoms. The zero-order valence-electron chi connectivity index (χ0n) is 10.8. The van der Waals surface area contributed by atoms with Gasteiger partial charge in [0, 0.05) is 25.1 Å². The number of nitrogens with one attached hydrogen (secondary N) is 2. The van der Waals surface area contributed by atoms with Crippen molar-refractivity contribution in [1.29, 1.82) is 0 Å². The fourth-order valence-electron chi connectivity index (χ4n) is 2.04. The molecule has 5 heteroatoms. The summed E-state index contributed by atoms with van der Waals surface area (Å²) in [5.74, 6) is 0.267. The van der Waals surface area contributed by atoms with Gasteiger partial charge in [0.2, 0.25) is 5.95 Å². The van der Waals surface area contributed by atoms with Crippen molar-refractivity contribution in [2.75, 3.05) is 5.32 Å². The number of nitrogens with zero attached hydrogens (tertiary/aromatic N) is 2. The third kappa shape index (κ3) is 2.61. The second kappa shape index (κ2) is 5.44. The van der Waals surface area contributed by atoms with E-state index >= 15 is 0 Å². The third-order valence-corrected chi connectivity index (χ3v) is 2.99. The molecule has 3 aromatic rings. The molecule has 0 atom stereocenters. The van der Waals surface area contributed by atoms with Gasteiger partial charge in [-0.25, -0.2) is 4.98 Å². The van der Waals surface area contributed by atoms with E-state index in [0.717, 1.165) is 5.56 Å². The quantitative estimate of drug-likeness (QED) is 0.762. The first-order chi connectivity index (χ1) is 9.83. The van der Waals surface area contributed by atoms with Gasteiger partial charge in [-0.1, -0.05) is 30.3 Å². The summed E-state index contributed by atoms with van der Waals surface area (Å²) in [5, 5.41) is 2.72. The molecule has 20 heavy (non-hydrogen) atoms. The minimum Gasteiger partial charge on any atom is -0.339 e. The molecular formula is C15H14N4O. The van der Waals surface area contributed by atoms with Gasteiger partial charge in [0.05, 0.1) is 0 Å². The van der Waals surface area contributed by atoms with Gasteiger partial charge >= 0.3 is 0 Å². The molecule has 0 aliphatic carbocycles. The molecular weight excluding hydrogens is 252 g/mol. The largest absolute Gasteiger partial charge is 0.339 e. The van der Waals surface area contributed by atoms with Crippen molar-refractivity contribution in [3.8, 4) is 0 Å². The van der Waals surface area contributed by atoms with Gasteiger partial charge in [0.15, 0.2) is 0 Å². The highest BCUT2D eigenvalue weighted by molar-refractivity contribution is 6.02. The van der Waals surface area contributed by atoms with Gasteiger partial charge < -0.3 is 9.55 Å². The van der Waals surface area contributed by atoms with Crippen LogP contribution in [0.2, 0.25) is 0 Å². The average molecular weight is 266 g/mol. The maximum atomic E-state index is 12.2. The van der Waals surface area contributed by atoms with E-state index in [2.05, 4.69) is 15.3 Å². The number of aromatic nitrogens is 3. The van der Waals surface area contributed by atoms with E-state index in [-0.39, 0.29) is 5.91 Å². The number of H-pyrrole nitrogens is 1. The highest BCUT2D eigenvalue weighted by Crippen LogP contribution is 2.09. The fourth-order valence-corrected chi connectivity index (χ4v) is 2.04. The van der Waals surface area contributed by atoms with E-state index in [1.165, 1.54) is 0 Å². The van der Waals surface area contributed by atoms with Crippen molar-refractivity contribution < 1.29 is 4.79 Å². The normalized spacial score (nSPS) is 10.4. The highest BCUT2D eigenvalue weighted by atomic mass is 16.2. The first kappa shape index (κ1) is 12.2. The number of hydrogen-bond acceptors (Lipinski definition) is 2. The van der Waals surface area contributed by atoms with Crippen LogP contribution in [0.3, 0.4) is 0 Å². The van der Waals surface area contributed by atoms with Crippen molar-refractivity contribution in [3.05, 3.63) is 72.3 Å². The Bertz CT molecular complexity index is 686. The van der Waals surface area contributed by atoms with Crippen LogP contribution >= 0.6 is 0 Å². The number of carbonyl (C=O) groups excluding carboxylic acids is 1. The first-order valence-electron chi connectivity index (χ1n) is 6.33. The molecule has 0 aliphatic rings. The number of benzene rings is 1. The van der Waals surface area contributed by atoms with E-state index in [9.17, 15) is 4.79 Å². The summed E-state index contributed by atoms with van der Waals surface area (Å²) < 4.78 is 1.91. The molecule has 0 spiro atoms. The van der Waals surface area contributed by atoms with Crippen LogP contribution in [0.4, 0.5) is 5.95 Å². The maximum absolute atomic E-state index is 12.2.